The summed E-state index contributed by atoms with van der Waals surface area (Å²) in [6.45, 7) is 3.07. The number of hydrogen-bond acceptors (Lipinski definition) is 4. The van der Waals surface area contributed by atoms with Gasteiger partial charge in [-0.15, -0.1) is 0 Å². The van der Waals surface area contributed by atoms with Gasteiger partial charge < -0.3 is 15.3 Å². The molecule has 0 fully saturated rings. The molecule has 120 valence electrons. The number of carbonyl (C=O) groups is 1. The van der Waals surface area contributed by atoms with Crippen molar-refractivity contribution in [3.05, 3.63) is 52.2 Å². The molecular formula is C16H16BrFN4O. The number of halogens is 2. The maximum absolute atomic E-state index is 13.3. The summed E-state index contributed by atoms with van der Waals surface area (Å²) in [6.07, 6.45) is 5.22. The second-order valence-electron chi connectivity index (χ2n) is 4.74. The number of nitrogens with zero attached hydrogens (tertiary/aromatic N) is 2. The Labute approximate surface area is 141 Å². The van der Waals surface area contributed by atoms with E-state index in [9.17, 15) is 9.18 Å². The number of carbonyl (C=O) groups excluding carboxylic acids is 1. The standard InChI is InChI=1S/C16H16BrFN4O/c1-2-20-15(17)12(8-19)9-22-6-5-21-16(22)14-4-3-13(18)7-11(14)10-23/h3-8,10,19-20H,2,9H2,1H3/b15-12+,19-8?. The monoisotopic (exact) mass is 378 g/mol. The summed E-state index contributed by atoms with van der Waals surface area (Å²) >= 11 is 3.41. The first-order valence-electron chi connectivity index (χ1n) is 7.00. The Kier molecular flexibility index (Phi) is 5.81. The molecule has 0 radical (unpaired) electrons. The van der Waals surface area contributed by atoms with Crippen LogP contribution in [0.1, 0.15) is 17.3 Å². The van der Waals surface area contributed by atoms with Crippen LogP contribution in [0.5, 0.6) is 0 Å². The minimum absolute atomic E-state index is 0.239. The van der Waals surface area contributed by atoms with E-state index in [1.54, 1.807) is 17.0 Å². The highest BCUT2D eigenvalue weighted by Crippen LogP contribution is 2.23. The van der Waals surface area contributed by atoms with Gasteiger partial charge in [-0.1, -0.05) is 0 Å². The van der Waals surface area contributed by atoms with Crippen molar-refractivity contribution < 1.29 is 9.18 Å². The Morgan fingerprint density at radius 3 is 2.96 bits per heavy atom. The molecule has 0 saturated carbocycles. The quantitative estimate of drug-likeness (QED) is 0.440. The SMILES string of the molecule is CCN/C(Br)=C(\C=N)Cn1ccnc1-c1ccc(F)cc1C=O. The van der Waals surface area contributed by atoms with Gasteiger partial charge >= 0.3 is 0 Å². The van der Waals surface area contributed by atoms with Gasteiger partial charge in [0.2, 0.25) is 0 Å². The van der Waals surface area contributed by atoms with Crippen molar-refractivity contribution in [3.63, 3.8) is 0 Å². The molecule has 0 amide bonds. The number of allylic oxidation sites excluding steroid dienone is 1. The van der Waals surface area contributed by atoms with Gasteiger partial charge in [-0.25, -0.2) is 9.37 Å². The molecule has 5 nitrogen and oxygen atoms in total. The minimum Gasteiger partial charge on any atom is -0.379 e. The van der Waals surface area contributed by atoms with Crippen molar-refractivity contribution in [1.82, 2.24) is 14.9 Å². The van der Waals surface area contributed by atoms with Crippen LogP contribution in [0.15, 0.2) is 40.8 Å². The first-order valence-corrected chi connectivity index (χ1v) is 7.79. The fourth-order valence-electron chi connectivity index (χ4n) is 2.15. The van der Waals surface area contributed by atoms with Crippen LogP contribution < -0.4 is 5.32 Å². The summed E-state index contributed by atoms with van der Waals surface area (Å²) in [5.41, 5.74) is 1.51. The number of benzene rings is 1. The average Bonchev–Trinajstić information content (AvgIpc) is 3.00. The molecule has 0 unspecified atom stereocenters. The molecule has 0 aliphatic heterocycles. The van der Waals surface area contributed by atoms with Crippen LogP contribution in [0.4, 0.5) is 4.39 Å². The third-order valence-corrected chi connectivity index (χ3v) is 4.02. The van der Waals surface area contributed by atoms with E-state index in [0.29, 0.717) is 24.2 Å². The largest absolute Gasteiger partial charge is 0.379 e. The topological polar surface area (TPSA) is 70.8 Å². The lowest BCUT2D eigenvalue weighted by molar-refractivity contribution is 0.112. The first-order chi connectivity index (χ1) is 11.1. The second-order valence-corrected chi connectivity index (χ2v) is 5.54. The van der Waals surface area contributed by atoms with Crippen molar-refractivity contribution in [1.29, 1.82) is 5.41 Å². The molecule has 23 heavy (non-hydrogen) atoms. The summed E-state index contributed by atoms with van der Waals surface area (Å²) < 4.78 is 15.8. The third kappa shape index (κ3) is 3.92. The van der Waals surface area contributed by atoms with Crippen molar-refractivity contribution in [2.24, 2.45) is 0 Å². The van der Waals surface area contributed by atoms with Gasteiger partial charge in [-0.2, -0.15) is 0 Å². The molecule has 0 atom stereocenters. The number of aromatic nitrogens is 2. The zero-order valence-electron chi connectivity index (χ0n) is 12.5. The second kappa shape index (κ2) is 7.82. The van der Waals surface area contributed by atoms with E-state index in [1.807, 2.05) is 6.92 Å². The molecular weight excluding hydrogens is 363 g/mol. The maximum atomic E-state index is 13.3. The Bertz CT molecular complexity index is 754. The van der Waals surface area contributed by atoms with Gasteiger partial charge in [0.25, 0.3) is 0 Å². The number of imidazole rings is 1. The number of rotatable bonds is 7. The lowest BCUT2D eigenvalue weighted by Crippen LogP contribution is -2.14. The Morgan fingerprint density at radius 1 is 1.52 bits per heavy atom. The van der Waals surface area contributed by atoms with Gasteiger partial charge in [0.05, 0.1) is 11.2 Å². The number of aldehydes is 1. The van der Waals surface area contributed by atoms with Crippen LogP contribution in [0.3, 0.4) is 0 Å². The van der Waals surface area contributed by atoms with E-state index in [0.717, 1.165) is 16.7 Å². The normalized spacial score (nSPS) is 11.8. The van der Waals surface area contributed by atoms with E-state index in [-0.39, 0.29) is 5.56 Å². The summed E-state index contributed by atoms with van der Waals surface area (Å²) in [6, 6.07) is 4.01. The van der Waals surface area contributed by atoms with Crippen molar-refractivity contribution in [2.45, 2.75) is 13.5 Å². The summed E-state index contributed by atoms with van der Waals surface area (Å²) in [5, 5.41) is 10.7. The molecule has 2 N–H and O–H groups in total. The van der Waals surface area contributed by atoms with Crippen LogP contribution in [0.2, 0.25) is 0 Å². The molecule has 0 aliphatic rings. The molecule has 0 bridgehead atoms. The molecule has 0 saturated heterocycles. The molecule has 2 aromatic rings. The van der Waals surface area contributed by atoms with Crippen molar-refractivity contribution in [2.75, 3.05) is 6.54 Å². The van der Waals surface area contributed by atoms with E-state index < -0.39 is 5.82 Å². The van der Waals surface area contributed by atoms with Crippen LogP contribution in [-0.4, -0.2) is 28.6 Å². The fraction of sp³-hybridized carbons (Fsp3) is 0.188. The Morgan fingerprint density at radius 2 is 2.30 bits per heavy atom. The summed E-state index contributed by atoms with van der Waals surface area (Å²) in [7, 11) is 0. The number of hydrogen-bond donors (Lipinski definition) is 2. The average molecular weight is 379 g/mol. The molecule has 0 spiro atoms. The van der Waals surface area contributed by atoms with Gasteiger partial charge in [0, 0.05) is 41.9 Å². The predicted molar refractivity (Wildman–Crippen MR) is 91.4 cm³/mol. The van der Waals surface area contributed by atoms with Crippen molar-refractivity contribution in [3.8, 4) is 11.4 Å². The maximum Gasteiger partial charge on any atom is 0.150 e. The van der Waals surface area contributed by atoms with Gasteiger partial charge in [0.1, 0.15) is 11.6 Å². The van der Waals surface area contributed by atoms with Gasteiger partial charge in [-0.05, 0) is 41.1 Å². The highest BCUT2D eigenvalue weighted by molar-refractivity contribution is 9.11. The molecule has 2 rings (SSSR count). The zero-order chi connectivity index (χ0) is 16.8. The van der Waals surface area contributed by atoms with Crippen LogP contribution >= 0.6 is 15.9 Å². The number of nitrogens with one attached hydrogen (secondary N) is 2. The lowest BCUT2D eigenvalue weighted by Gasteiger charge is -2.12. The van der Waals surface area contributed by atoms with E-state index in [2.05, 4.69) is 26.2 Å². The minimum atomic E-state index is -0.469. The molecule has 0 aliphatic carbocycles. The van der Waals surface area contributed by atoms with Crippen LogP contribution in [0.25, 0.3) is 11.4 Å². The Balaban J connectivity index is 2.43. The van der Waals surface area contributed by atoms with Crippen LogP contribution in [0, 0.1) is 11.2 Å². The third-order valence-electron chi connectivity index (χ3n) is 3.23. The van der Waals surface area contributed by atoms with E-state index in [4.69, 9.17) is 5.41 Å². The molecule has 1 aromatic heterocycles. The van der Waals surface area contributed by atoms with E-state index in [1.165, 1.54) is 24.4 Å². The van der Waals surface area contributed by atoms with Gasteiger partial charge in [0.15, 0.2) is 6.29 Å². The molecule has 1 heterocycles. The van der Waals surface area contributed by atoms with Crippen LogP contribution in [-0.2, 0) is 6.54 Å². The lowest BCUT2D eigenvalue weighted by atomic mass is 10.1. The summed E-state index contributed by atoms with van der Waals surface area (Å²) in [4.78, 5) is 15.5. The molecule has 7 heteroatoms. The highest BCUT2D eigenvalue weighted by Gasteiger charge is 2.13. The zero-order valence-corrected chi connectivity index (χ0v) is 14.1. The Hall–Kier alpha value is -2.28. The summed E-state index contributed by atoms with van der Waals surface area (Å²) in [5.74, 6) is 0.0761. The first kappa shape index (κ1) is 17.1. The smallest absolute Gasteiger partial charge is 0.150 e. The van der Waals surface area contributed by atoms with E-state index >= 15 is 0 Å². The van der Waals surface area contributed by atoms with Gasteiger partial charge in [-0.3, -0.25) is 4.79 Å². The predicted octanol–water partition coefficient (Wildman–Crippen LogP) is 3.37. The molecule has 1 aromatic carbocycles. The van der Waals surface area contributed by atoms with Crippen molar-refractivity contribution >= 4 is 28.4 Å². The fourth-order valence-corrected chi connectivity index (χ4v) is 2.67. The highest BCUT2D eigenvalue weighted by atomic mass is 79.9.